The van der Waals surface area contributed by atoms with Crippen LogP contribution in [0.1, 0.15) is 46.0 Å². The molecule has 0 spiro atoms. The Morgan fingerprint density at radius 3 is 2.36 bits per heavy atom. The molecule has 0 aromatic carbocycles. The number of hydrogen-bond acceptors (Lipinski definition) is 2. The highest BCUT2D eigenvalue weighted by atomic mass is 32.2. The van der Waals surface area contributed by atoms with Gasteiger partial charge in [0.2, 0.25) is 0 Å². The van der Waals surface area contributed by atoms with E-state index in [2.05, 4.69) is 12.2 Å². The van der Waals surface area contributed by atoms with Gasteiger partial charge in [-0.25, -0.2) is 0 Å². The van der Waals surface area contributed by atoms with Gasteiger partial charge in [0.1, 0.15) is 0 Å². The molecule has 86 valence electrons. The Balaban J connectivity index is 2.95. The van der Waals surface area contributed by atoms with Crippen LogP contribution in [0.15, 0.2) is 0 Å². The summed E-state index contributed by atoms with van der Waals surface area (Å²) >= 11 is 0. The van der Waals surface area contributed by atoms with Gasteiger partial charge < -0.3 is 5.32 Å². The lowest BCUT2D eigenvalue weighted by atomic mass is 10.1. The van der Waals surface area contributed by atoms with E-state index in [9.17, 15) is 4.21 Å². The SMILES string of the molecule is CCCCCCCNCCS(=O)CC. The minimum absolute atomic E-state index is 0.600. The molecule has 3 heteroatoms. The lowest BCUT2D eigenvalue weighted by Crippen LogP contribution is -2.22. The van der Waals surface area contributed by atoms with Gasteiger partial charge in [0.25, 0.3) is 0 Å². The van der Waals surface area contributed by atoms with E-state index in [1.807, 2.05) is 6.92 Å². The molecule has 0 fully saturated rings. The number of nitrogens with one attached hydrogen (secondary N) is 1. The van der Waals surface area contributed by atoms with Crippen LogP contribution in [0.3, 0.4) is 0 Å². The summed E-state index contributed by atoms with van der Waals surface area (Å²) in [5.41, 5.74) is 0. The van der Waals surface area contributed by atoms with Gasteiger partial charge >= 0.3 is 0 Å². The second kappa shape index (κ2) is 11.2. The zero-order valence-corrected chi connectivity index (χ0v) is 10.5. The molecule has 0 radical (unpaired) electrons. The molecule has 0 rings (SSSR count). The number of hydrogen-bond donors (Lipinski definition) is 1. The fourth-order valence-electron chi connectivity index (χ4n) is 1.31. The molecule has 2 nitrogen and oxygen atoms in total. The molecule has 0 saturated heterocycles. The van der Waals surface area contributed by atoms with Crippen LogP contribution in [0.4, 0.5) is 0 Å². The highest BCUT2D eigenvalue weighted by Gasteiger charge is 1.94. The second-order valence-corrected chi connectivity index (χ2v) is 5.46. The Hall–Kier alpha value is 0.110. The normalized spacial score (nSPS) is 13.0. The summed E-state index contributed by atoms with van der Waals surface area (Å²) in [6.07, 6.45) is 6.62. The average molecular weight is 219 g/mol. The first kappa shape index (κ1) is 14.1. The number of rotatable bonds is 10. The minimum atomic E-state index is -0.600. The summed E-state index contributed by atoms with van der Waals surface area (Å²) in [5.74, 6) is 1.60. The lowest BCUT2D eigenvalue weighted by molar-refractivity contribution is 0.593. The Morgan fingerprint density at radius 1 is 1.00 bits per heavy atom. The molecule has 0 aromatic rings. The van der Waals surface area contributed by atoms with Crippen LogP contribution in [0.5, 0.6) is 0 Å². The molecular weight excluding hydrogens is 194 g/mol. The maximum atomic E-state index is 11.1. The molecule has 0 aromatic heterocycles. The first-order chi connectivity index (χ1) is 6.81. The molecule has 0 aliphatic heterocycles. The molecule has 0 saturated carbocycles. The summed E-state index contributed by atoms with van der Waals surface area (Å²) in [6, 6.07) is 0. The Morgan fingerprint density at radius 2 is 1.71 bits per heavy atom. The highest BCUT2D eigenvalue weighted by Crippen LogP contribution is 2.00. The van der Waals surface area contributed by atoms with Crippen molar-refractivity contribution in [2.24, 2.45) is 0 Å². The molecule has 0 heterocycles. The molecule has 0 aliphatic carbocycles. The van der Waals surface area contributed by atoms with Gasteiger partial charge in [0, 0.05) is 28.9 Å². The fraction of sp³-hybridized carbons (Fsp3) is 1.00. The van der Waals surface area contributed by atoms with E-state index in [1.165, 1.54) is 32.1 Å². The van der Waals surface area contributed by atoms with E-state index in [1.54, 1.807) is 0 Å². The standard InChI is InChI=1S/C11H25NOS/c1-3-5-6-7-8-9-12-10-11-14(13)4-2/h12H,3-11H2,1-2H3. The van der Waals surface area contributed by atoms with E-state index < -0.39 is 10.8 Å². The Kier molecular flexibility index (Phi) is 11.3. The zero-order chi connectivity index (χ0) is 10.6. The maximum Gasteiger partial charge on any atom is 0.0359 e. The molecule has 1 N–H and O–H groups in total. The lowest BCUT2D eigenvalue weighted by Gasteiger charge is -2.03. The van der Waals surface area contributed by atoms with Crippen molar-refractivity contribution >= 4 is 10.8 Å². The minimum Gasteiger partial charge on any atom is -0.316 e. The third-order valence-electron chi connectivity index (χ3n) is 2.29. The highest BCUT2D eigenvalue weighted by molar-refractivity contribution is 7.84. The maximum absolute atomic E-state index is 11.1. The first-order valence-electron chi connectivity index (χ1n) is 5.87. The third-order valence-corrected chi connectivity index (χ3v) is 3.59. The summed E-state index contributed by atoms with van der Waals surface area (Å²) in [7, 11) is -0.600. The van der Waals surface area contributed by atoms with Crippen molar-refractivity contribution in [3.63, 3.8) is 0 Å². The van der Waals surface area contributed by atoms with Crippen LogP contribution in [-0.4, -0.2) is 28.8 Å². The van der Waals surface area contributed by atoms with E-state index >= 15 is 0 Å². The van der Waals surface area contributed by atoms with Gasteiger partial charge in [0.15, 0.2) is 0 Å². The topological polar surface area (TPSA) is 29.1 Å². The van der Waals surface area contributed by atoms with Crippen LogP contribution < -0.4 is 5.32 Å². The third kappa shape index (κ3) is 10.2. The summed E-state index contributed by atoms with van der Waals surface area (Å²) in [5, 5.41) is 3.33. The fourth-order valence-corrected chi connectivity index (χ4v) is 1.97. The molecule has 1 unspecified atom stereocenters. The Bertz CT molecular complexity index is 139. The number of unbranched alkanes of at least 4 members (excludes halogenated alkanes) is 4. The van der Waals surface area contributed by atoms with Crippen molar-refractivity contribution in [3.8, 4) is 0 Å². The quantitative estimate of drug-likeness (QED) is 0.571. The van der Waals surface area contributed by atoms with Crippen LogP contribution in [-0.2, 0) is 10.8 Å². The summed E-state index contributed by atoms with van der Waals surface area (Å²) in [6.45, 7) is 6.21. The molecule has 0 amide bonds. The van der Waals surface area contributed by atoms with Crippen molar-refractivity contribution < 1.29 is 4.21 Å². The second-order valence-electron chi connectivity index (χ2n) is 3.60. The van der Waals surface area contributed by atoms with Crippen molar-refractivity contribution in [1.82, 2.24) is 5.32 Å². The van der Waals surface area contributed by atoms with Crippen LogP contribution in [0.2, 0.25) is 0 Å². The predicted octanol–water partition coefficient (Wildman–Crippen LogP) is 2.32. The monoisotopic (exact) mass is 219 g/mol. The van der Waals surface area contributed by atoms with Gasteiger partial charge in [0.05, 0.1) is 0 Å². The van der Waals surface area contributed by atoms with Gasteiger partial charge in [-0.3, -0.25) is 4.21 Å². The van der Waals surface area contributed by atoms with E-state index in [0.29, 0.717) is 0 Å². The molecular formula is C11H25NOS. The van der Waals surface area contributed by atoms with E-state index in [-0.39, 0.29) is 0 Å². The van der Waals surface area contributed by atoms with Crippen LogP contribution in [0.25, 0.3) is 0 Å². The smallest absolute Gasteiger partial charge is 0.0359 e. The van der Waals surface area contributed by atoms with Crippen molar-refractivity contribution in [2.75, 3.05) is 24.6 Å². The van der Waals surface area contributed by atoms with Crippen molar-refractivity contribution in [2.45, 2.75) is 46.0 Å². The van der Waals surface area contributed by atoms with Gasteiger partial charge in [-0.2, -0.15) is 0 Å². The molecule has 0 bridgehead atoms. The van der Waals surface area contributed by atoms with Crippen molar-refractivity contribution in [1.29, 1.82) is 0 Å². The largest absolute Gasteiger partial charge is 0.316 e. The van der Waals surface area contributed by atoms with Crippen molar-refractivity contribution in [3.05, 3.63) is 0 Å². The summed E-state index contributed by atoms with van der Waals surface area (Å²) < 4.78 is 11.1. The van der Waals surface area contributed by atoms with E-state index in [4.69, 9.17) is 0 Å². The zero-order valence-electron chi connectivity index (χ0n) is 9.68. The van der Waals surface area contributed by atoms with Crippen LogP contribution in [0, 0.1) is 0 Å². The molecule has 14 heavy (non-hydrogen) atoms. The molecule has 0 aliphatic rings. The molecule has 1 atom stereocenters. The predicted molar refractivity (Wildman–Crippen MR) is 65.2 cm³/mol. The Labute approximate surface area is 91.3 Å². The first-order valence-corrected chi connectivity index (χ1v) is 7.35. The average Bonchev–Trinajstić information content (AvgIpc) is 2.21. The van der Waals surface area contributed by atoms with Gasteiger partial charge in [-0.1, -0.05) is 39.5 Å². The van der Waals surface area contributed by atoms with Gasteiger partial charge in [-0.15, -0.1) is 0 Å². The van der Waals surface area contributed by atoms with E-state index in [0.717, 1.165) is 24.6 Å². The van der Waals surface area contributed by atoms with Crippen LogP contribution >= 0.6 is 0 Å². The summed E-state index contributed by atoms with van der Waals surface area (Å²) in [4.78, 5) is 0. The van der Waals surface area contributed by atoms with Gasteiger partial charge in [-0.05, 0) is 13.0 Å².